The van der Waals surface area contributed by atoms with Gasteiger partial charge in [0.25, 0.3) is 0 Å². The standard InChI is InChI=1S/C23H26N2O/c1-2-26-21-13-11-20(12-14-21)23-22-10-6-15-24(22)16-7-17-25(23)18-19-8-4-3-5-9-19/h3-6,8-15,23H,2,7,16-18H2,1H3/t23-/m0/s1. The van der Waals surface area contributed by atoms with E-state index in [1.807, 2.05) is 6.92 Å². The summed E-state index contributed by atoms with van der Waals surface area (Å²) in [5, 5.41) is 0. The summed E-state index contributed by atoms with van der Waals surface area (Å²) >= 11 is 0. The number of benzene rings is 2. The van der Waals surface area contributed by atoms with Gasteiger partial charge in [0.05, 0.1) is 12.6 Å². The van der Waals surface area contributed by atoms with Crippen LogP contribution in [0.2, 0.25) is 0 Å². The predicted octanol–water partition coefficient (Wildman–Crippen LogP) is 4.88. The molecule has 4 rings (SSSR count). The monoisotopic (exact) mass is 346 g/mol. The maximum Gasteiger partial charge on any atom is 0.119 e. The maximum atomic E-state index is 5.63. The van der Waals surface area contributed by atoms with Crippen molar-refractivity contribution in [2.75, 3.05) is 13.2 Å². The minimum absolute atomic E-state index is 0.267. The van der Waals surface area contributed by atoms with Crippen molar-refractivity contribution in [3.8, 4) is 5.75 Å². The van der Waals surface area contributed by atoms with E-state index in [2.05, 4.69) is 82.4 Å². The van der Waals surface area contributed by atoms with Gasteiger partial charge in [-0.15, -0.1) is 0 Å². The highest BCUT2D eigenvalue weighted by Gasteiger charge is 2.27. The Bertz CT molecular complexity index is 823. The van der Waals surface area contributed by atoms with Gasteiger partial charge in [-0.2, -0.15) is 0 Å². The average Bonchev–Trinajstić information content (AvgIpc) is 3.06. The van der Waals surface area contributed by atoms with Crippen LogP contribution in [0.1, 0.15) is 36.2 Å². The van der Waals surface area contributed by atoms with E-state index in [4.69, 9.17) is 4.74 Å². The van der Waals surface area contributed by atoms with Crippen LogP contribution in [-0.4, -0.2) is 22.6 Å². The zero-order valence-corrected chi connectivity index (χ0v) is 15.3. The summed E-state index contributed by atoms with van der Waals surface area (Å²) in [4.78, 5) is 2.60. The van der Waals surface area contributed by atoms with Gasteiger partial charge in [-0.3, -0.25) is 4.90 Å². The van der Waals surface area contributed by atoms with Gasteiger partial charge in [-0.1, -0.05) is 42.5 Å². The first kappa shape index (κ1) is 16.9. The maximum absolute atomic E-state index is 5.63. The highest BCUT2D eigenvalue weighted by Crippen LogP contribution is 2.33. The molecule has 0 spiro atoms. The summed E-state index contributed by atoms with van der Waals surface area (Å²) in [7, 11) is 0. The van der Waals surface area contributed by atoms with Gasteiger partial charge < -0.3 is 9.30 Å². The van der Waals surface area contributed by atoms with Crippen LogP contribution in [0.3, 0.4) is 0 Å². The van der Waals surface area contributed by atoms with Gasteiger partial charge in [0.2, 0.25) is 0 Å². The molecule has 0 bridgehead atoms. The third-order valence-electron chi connectivity index (χ3n) is 5.09. The molecule has 0 unspecified atom stereocenters. The minimum atomic E-state index is 0.267. The van der Waals surface area contributed by atoms with E-state index in [0.717, 1.165) is 25.4 Å². The van der Waals surface area contributed by atoms with Crippen molar-refractivity contribution in [1.82, 2.24) is 9.47 Å². The molecule has 134 valence electrons. The molecule has 1 atom stereocenters. The van der Waals surface area contributed by atoms with Crippen LogP contribution >= 0.6 is 0 Å². The molecule has 0 saturated heterocycles. The summed E-state index contributed by atoms with van der Waals surface area (Å²) in [5.41, 5.74) is 4.07. The van der Waals surface area contributed by atoms with E-state index in [-0.39, 0.29) is 6.04 Å². The third-order valence-corrected chi connectivity index (χ3v) is 5.09. The van der Waals surface area contributed by atoms with Crippen LogP contribution in [-0.2, 0) is 13.1 Å². The first-order chi connectivity index (χ1) is 12.8. The molecule has 3 aromatic rings. The Labute approximate surface area is 155 Å². The molecule has 1 aromatic heterocycles. The van der Waals surface area contributed by atoms with E-state index in [0.29, 0.717) is 6.61 Å². The summed E-state index contributed by atoms with van der Waals surface area (Å²) in [6, 6.07) is 24.1. The molecule has 26 heavy (non-hydrogen) atoms. The lowest BCUT2D eigenvalue weighted by molar-refractivity contribution is 0.220. The molecule has 3 nitrogen and oxygen atoms in total. The summed E-state index contributed by atoms with van der Waals surface area (Å²) in [6.45, 7) is 5.86. The molecule has 0 saturated carbocycles. The van der Waals surface area contributed by atoms with Gasteiger partial charge in [0.15, 0.2) is 0 Å². The van der Waals surface area contributed by atoms with Crippen LogP contribution < -0.4 is 4.74 Å². The number of aryl methyl sites for hydroxylation is 1. The molecule has 0 radical (unpaired) electrons. The van der Waals surface area contributed by atoms with Crippen molar-refractivity contribution in [2.24, 2.45) is 0 Å². The van der Waals surface area contributed by atoms with E-state index >= 15 is 0 Å². The molecule has 1 aliphatic rings. The van der Waals surface area contributed by atoms with Crippen LogP contribution in [0, 0.1) is 0 Å². The van der Waals surface area contributed by atoms with E-state index in [9.17, 15) is 0 Å². The van der Waals surface area contributed by atoms with Crippen LogP contribution in [0.15, 0.2) is 72.9 Å². The Balaban J connectivity index is 1.69. The Hall–Kier alpha value is -2.52. The van der Waals surface area contributed by atoms with Gasteiger partial charge in [-0.25, -0.2) is 0 Å². The fourth-order valence-electron chi connectivity index (χ4n) is 3.92. The topological polar surface area (TPSA) is 17.4 Å². The second-order valence-electron chi connectivity index (χ2n) is 6.84. The second-order valence-corrected chi connectivity index (χ2v) is 6.84. The van der Waals surface area contributed by atoms with Crippen LogP contribution in [0.25, 0.3) is 0 Å². The lowest BCUT2D eigenvalue weighted by atomic mass is 10.0. The zero-order valence-electron chi connectivity index (χ0n) is 15.3. The number of ether oxygens (including phenoxy) is 1. The van der Waals surface area contributed by atoms with Crippen LogP contribution in [0.5, 0.6) is 5.75 Å². The number of aromatic nitrogens is 1. The number of hydrogen-bond donors (Lipinski definition) is 0. The lowest BCUT2D eigenvalue weighted by Crippen LogP contribution is -2.29. The Morgan fingerprint density at radius 2 is 1.73 bits per heavy atom. The molecule has 0 fully saturated rings. The lowest BCUT2D eigenvalue weighted by Gasteiger charge is -2.30. The fraction of sp³-hybridized carbons (Fsp3) is 0.304. The largest absolute Gasteiger partial charge is 0.494 e. The molecular weight excluding hydrogens is 320 g/mol. The first-order valence-electron chi connectivity index (χ1n) is 9.51. The van der Waals surface area contributed by atoms with Gasteiger partial charge in [0, 0.05) is 31.5 Å². The van der Waals surface area contributed by atoms with E-state index in [1.165, 1.54) is 23.2 Å². The molecule has 0 aliphatic carbocycles. The molecule has 0 N–H and O–H groups in total. The van der Waals surface area contributed by atoms with Crippen molar-refractivity contribution >= 4 is 0 Å². The Kier molecular flexibility index (Phi) is 5.07. The number of rotatable bonds is 5. The van der Waals surface area contributed by atoms with Crippen molar-refractivity contribution < 1.29 is 4.74 Å². The fourth-order valence-corrected chi connectivity index (χ4v) is 3.92. The van der Waals surface area contributed by atoms with E-state index in [1.54, 1.807) is 0 Å². The molecule has 2 heterocycles. The first-order valence-corrected chi connectivity index (χ1v) is 9.51. The summed E-state index contributed by atoms with van der Waals surface area (Å²) in [6.07, 6.45) is 3.38. The minimum Gasteiger partial charge on any atom is -0.494 e. The molecule has 2 aromatic carbocycles. The number of hydrogen-bond acceptors (Lipinski definition) is 2. The number of fused-ring (bicyclic) bond motifs is 1. The SMILES string of the molecule is CCOc1ccc([C@H]2c3cccn3CCCN2Cc2ccccc2)cc1. The highest BCUT2D eigenvalue weighted by molar-refractivity contribution is 5.34. The van der Waals surface area contributed by atoms with Gasteiger partial charge in [-0.05, 0) is 48.7 Å². The average molecular weight is 346 g/mol. The second kappa shape index (κ2) is 7.79. The Morgan fingerprint density at radius 1 is 0.923 bits per heavy atom. The highest BCUT2D eigenvalue weighted by atomic mass is 16.5. The molecule has 0 amide bonds. The van der Waals surface area contributed by atoms with Crippen molar-refractivity contribution in [3.63, 3.8) is 0 Å². The van der Waals surface area contributed by atoms with E-state index < -0.39 is 0 Å². The summed E-state index contributed by atoms with van der Waals surface area (Å²) < 4.78 is 8.04. The van der Waals surface area contributed by atoms with Crippen molar-refractivity contribution in [1.29, 1.82) is 0 Å². The smallest absolute Gasteiger partial charge is 0.119 e. The van der Waals surface area contributed by atoms with Gasteiger partial charge >= 0.3 is 0 Å². The third kappa shape index (κ3) is 3.54. The normalized spacial score (nSPS) is 17.5. The quantitative estimate of drug-likeness (QED) is 0.655. The molecule has 1 aliphatic heterocycles. The zero-order chi connectivity index (χ0) is 17.8. The molecular formula is C23H26N2O. The Morgan fingerprint density at radius 3 is 2.50 bits per heavy atom. The van der Waals surface area contributed by atoms with Crippen molar-refractivity contribution in [2.45, 2.75) is 32.5 Å². The number of nitrogens with zero attached hydrogens (tertiary/aromatic N) is 2. The van der Waals surface area contributed by atoms with Crippen LogP contribution in [0.4, 0.5) is 0 Å². The van der Waals surface area contributed by atoms with Gasteiger partial charge in [0.1, 0.15) is 5.75 Å². The molecule has 3 heteroatoms. The summed E-state index contributed by atoms with van der Waals surface area (Å²) in [5.74, 6) is 0.940. The van der Waals surface area contributed by atoms with Crippen molar-refractivity contribution in [3.05, 3.63) is 89.7 Å². The predicted molar refractivity (Wildman–Crippen MR) is 105 cm³/mol.